The zero-order valence-electron chi connectivity index (χ0n) is 9.60. The number of carbonyl (C=O) groups excluding carboxylic acids is 1. The molecule has 0 radical (unpaired) electrons. The first kappa shape index (κ1) is 12.1. The molecule has 0 aliphatic carbocycles. The summed E-state index contributed by atoms with van der Waals surface area (Å²) in [5, 5.41) is 6.16. The molecule has 1 aliphatic rings. The highest BCUT2D eigenvalue weighted by Gasteiger charge is 2.35. The number of rotatable bonds is 3. The molecule has 1 fully saturated rings. The Morgan fingerprint density at radius 2 is 2.47 bits per heavy atom. The van der Waals surface area contributed by atoms with E-state index in [1.165, 1.54) is 0 Å². The molecule has 1 aliphatic heterocycles. The average Bonchev–Trinajstić information content (AvgIpc) is 2.26. The van der Waals surface area contributed by atoms with E-state index in [1.54, 1.807) is 0 Å². The Hall–Kier alpha value is -1.01. The summed E-state index contributed by atoms with van der Waals surface area (Å²) in [6, 6.07) is -0.128. The van der Waals surface area contributed by atoms with E-state index in [0.29, 0.717) is 0 Å². The monoisotopic (exact) mass is 208 g/mol. The maximum atomic E-state index is 12.0. The van der Waals surface area contributed by atoms with Crippen LogP contribution in [0.4, 0.5) is 0 Å². The SMILES string of the molecule is C#CC(CC)NC(=O)C1(C)CCCNC1. The van der Waals surface area contributed by atoms with E-state index in [4.69, 9.17) is 6.42 Å². The molecule has 3 heteroatoms. The van der Waals surface area contributed by atoms with Gasteiger partial charge in [0.15, 0.2) is 0 Å². The molecule has 1 rings (SSSR count). The molecule has 1 heterocycles. The van der Waals surface area contributed by atoms with Crippen LogP contribution in [0.25, 0.3) is 0 Å². The lowest BCUT2D eigenvalue weighted by atomic mass is 9.81. The van der Waals surface area contributed by atoms with Gasteiger partial charge in [-0.3, -0.25) is 4.79 Å². The van der Waals surface area contributed by atoms with Crippen LogP contribution in [-0.2, 0) is 4.79 Å². The number of nitrogens with one attached hydrogen (secondary N) is 2. The fourth-order valence-electron chi connectivity index (χ4n) is 1.84. The molecule has 0 aromatic carbocycles. The number of amides is 1. The molecule has 84 valence electrons. The van der Waals surface area contributed by atoms with Crippen molar-refractivity contribution >= 4 is 5.91 Å². The zero-order chi connectivity index (χ0) is 11.3. The first-order valence-corrected chi connectivity index (χ1v) is 5.60. The first-order valence-electron chi connectivity index (χ1n) is 5.60. The van der Waals surface area contributed by atoms with E-state index < -0.39 is 0 Å². The van der Waals surface area contributed by atoms with Gasteiger partial charge < -0.3 is 10.6 Å². The smallest absolute Gasteiger partial charge is 0.228 e. The Morgan fingerprint density at radius 1 is 1.73 bits per heavy atom. The predicted molar refractivity (Wildman–Crippen MR) is 61.3 cm³/mol. The van der Waals surface area contributed by atoms with E-state index in [2.05, 4.69) is 16.6 Å². The molecule has 15 heavy (non-hydrogen) atoms. The van der Waals surface area contributed by atoms with Crippen LogP contribution < -0.4 is 10.6 Å². The molecular weight excluding hydrogens is 188 g/mol. The van der Waals surface area contributed by atoms with E-state index >= 15 is 0 Å². The van der Waals surface area contributed by atoms with Gasteiger partial charge in [0.1, 0.15) is 0 Å². The highest BCUT2D eigenvalue weighted by molar-refractivity contribution is 5.83. The molecule has 0 saturated carbocycles. The maximum Gasteiger partial charge on any atom is 0.228 e. The van der Waals surface area contributed by atoms with Gasteiger partial charge in [-0.2, -0.15) is 0 Å². The van der Waals surface area contributed by atoms with Crippen molar-refractivity contribution in [2.75, 3.05) is 13.1 Å². The van der Waals surface area contributed by atoms with Crippen LogP contribution in [0.5, 0.6) is 0 Å². The largest absolute Gasteiger partial charge is 0.342 e. The van der Waals surface area contributed by atoms with Gasteiger partial charge in [-0.25, -0.2) is 0 Å². The van der Waals surface area contributed by atoms with Crippen LogP contribution in [0.15, 0.2) is 0 Å². The lowest BCUT2D eigenvalue weighted by molar-refractivity contribution is -0.131. The molecule has 3 nitrogen and oxygen atoms in total. The fraction of sp³-hybridized carbons (Fsp3) is 0.750. The summed E-state index contributed by atoms with van der Waals surface area (Å²) in [5.41, 5.74) is -0.289. The summed E-state index contributed by atoms with van der Waals surface area (Å²) in [7, 11) is 0. The Morgan fingerprint density at radius 3 is 2.93 bits per heavy atom. The van der Waals surface area contributed by atoms with Crippen molar-refractivity contribution in [2.45, 2.75) is 39.2 Å². The normalized spacial score (nSPS) is 27.8. The quantitative estimate of drug-likeness (QED) is 0.677. The average molecular weight is 208 g/mol. The third-order valence-corrected chi connectivity index (χ3v) is 3.06. The van der Waals surface area contributed by atoms with Crippen molar-refractivity contribution in [1.82, 2.24) is 10.6 Å². The minimum atomic E-state index is -0.289. The van der Waals surface area contributed by atoms with Gasteiger partial charge in [-0.1, -0.05) is 12.8 Å². The molecule has 1 amide bonds. The Balaban J connectivity index is 2.55. The standard InChI is InChI=1S/C12H20N2O/c1-4-10(5-2)14-11(15)12(3)7-6-8-13-9-12/h1,10,13H,5-9H2,2-3H3,(H,14,15). The summed E-state index contributed by atoms with van der Waals surface area (Å²) in [6.07, 6.45) is 8.10. The molecule has 0 bridgehead atoms. The summed E-state index contributed by atoms with van der Waals surface area (Å²) >= 11 is 0. The molecule has 1 saturated heterocycles. The summed E-state index contributed by atoms with van der Waals surface area (Å²) in [6.45, 7) is 5.74. The first-order chi connectivity index (χ1) is 7.12. The second kappa shape index (κ2) is 5.18. The number of carbonyl (C=O) groups is 1. The second-order valence-electron chi connectivity index (χ2n) is 4.44. The van der Waals surface area contributed by atoms with Crippen molar-refractivity contribution < 1.29 is 4.79 Å². The molecule has 0 spiro atoms. The van der Waals surface area contributed by atoms with Crippen molar-refractivity contribution in [3.05, 3.63) is 0 Å². The third-order valence-electron chi connectivity index (χ3n) is 3.06. The van der Waals surface area contributed by atoms with Gasteiger partial charge in [0.25, 0.3) is 0 Å². The van der Waals surface area contributed by atoms with Crippen molar-refractivity contribution in [2.24, 2.45) is 5.41 Å². The van der Waals surface area contributed by atoms with Gasteiger partial charge in [-0.05, 0) is 32.7 Å². The highest BCUT2D eigenvalue weighted by atomic mass is 16.2. The minimum absolute atomic E-state index is 0.0829. The van der Waals surface area contributed by atoms with Crippen molar-refractivity contribution in [1.29, 1.82) is 0 Å². The Bertz CT molecular complexity index is 261. The maximum absolute atomic E-state index is 12.0. The zero-order valence-corrected chi connectivity index (χ0v) is 9.60. The summed E-state index contributed by atoms with van der Waals surface area (Å²) in [4.78, 5) is 12.0. The molecule has 2 unspecified atom stereocenters. The molecule has 2 atom stereocenters. The molecular formula is C12H20N2O. The molecule has 0 aromatic heterocycles. The number of hydrogen-bond acceptors (Lipinski definition) is 2. The van der Waals surface area contributed by atoms with Crippen LogP contribution in [0.3, 0.4) is 0 Å². The van der Waals surface area contributed by atoms with Crippen LogP contribution in [0.2, 0.25) is 0 Å². The van der Waals surface area contributed by atoms with Crippen LogP contribution in [0, 0.1) is 17.8 Å². The second-order valence-corrected chi connectivity index (χ2v) is 4.44. The summed E-state index contributed by atoms with van der Waals surface area (Å²) in [5.74, 6) is 2.67. The van der Waals surface area contributed by atoms with Gasteiger partial charge in [-0.15, -0.1) is 6.42 Å². The number of piperidine rings is 1. The van der Waals surface area contributed by atoms with Crippen LogP contribution in [-0.4, -0.2) is 25.0 Å². The topological polar surface area (TPSA) is 41.1 Å². The number of terminal acetylenes is 1. The highest BCUT2D eigenvalue weighted by Crippen LogP contribution is 2.25. The lowest BCUT2D eigenvalue weighted by Gasteiger charge is -2.33. The fourth-order valence-corrected chi connectivity index (χ4v) is 1.84. The number of hydrogen-bond donors (Lipinski definition) is 2. The minimum Gasteiger partial charge on any atom is -0.342 e. The van der Waals surface area contributed by atoms with Crippen LogP contribution >= 0.6 is 0 Å². The van der Waals surface area contributed by atoms with Gasteiger partial charge in [0.2, 0.25) is 5.91 Å². The van der Waals surface area contributed by atoms with Crippen molar-refractivity contribution in [3.63, 3.8) is 0 Å². The van der Waals surface area contributed by atoms with Gasteiger partial charge >= 0.3 is 0 Å². The van der Waals surface area contributed by atoms with Crippen molar-refractivity contribution in [3.8, 4) is 12.3 Å². The third kappa shape index (κ3) is 2.97. The van der Waals surface area contributed by atoms with Crippen LogP contribution in [0.1, 0.15) is 33.1 Å². The van der Waals surface area contributed by atoms with Gasteiger partial charge in [0, 0.05) is 6.54 Å². The van der Waals surface area contributed by atoms with E-state index in [-0.39, 0.29) is 17.4 Å². The predicted octanol–water partition coefficient (Wildman–Crippen LogP) is 0.904. The van der Waals surface area contributed by atoms with E-state index in [9.17, 15) is 4.79 Å². The molecule has 2 N–H and O–H groups in total. The lowest BCUT2D eigenvalue weighted by Crippen LogP contribution is -2.50. The van der Waals surface area contributed by atoms with E-state index in [1.807, 2.05) is 13.8 Å². The molecule has 0 aromatic rings. The van der Waals surface area contributed by atoms with Gasteiger partial charge in [0.05, 0.1) is 11.5 Å². The Labute approximate surface area is 92.0 Å². The van der Waals surface area contributed by atoms with E-state index in [0.717, 1.165) is 32.4 Å². The summed E-state index contributed by atoms with van der Waals surface area (Å²) < 4.78 is 0. The Kier molecular flexibility index (Phi) is 4.16.